The van der Waals surface area contributed by atoms with Crippen molar-refractivity contribution in [3.8, 4) is 0 Å². The molecule has 0 spiro atoms. The maximum Gasteiger partial charge on any atom is 0.0271 e. The maximum absolute atomic E-state index is 4.41. The Morgan fingerprint density at radius 3 is 2.62 bits per heavy atom. The number of thiol groups is 1. The van der Waals surface area contributed by atoms with Crippen LogP contribution in [0.4, 0.5) is 0 Å². The highest BCUT2D eigenvalue weighted by Gasteiger charge is 2.09. The fraction of sp³-hybridized carbons (Fsp3) is 0.615. The molecule has 0 bridgehead atoms. The first-order valence-corrected chi connectivity index (χ1v) is 6.57. The van der Waals surface area contributed by atoms with Crippen molar-refractivity contribution in [3.63, 3.8) is 0 Å². The third-order valence-corrected chi connectivity index (χ3v) is 3.24. The molecule has 0 amide bonds. The van der Waals surface area contributed by atoms with Crippen LogP contribution in [0.25, 0.3) is 0 Å². The standard InChI is InChI=1S/C13H22N2S/c1-3-4-13(11-16)10-15(2)9-12-5-7-14-8-6-12/h5-8,13,16H,3-4,9-11H2,1-2H3. The summed E-state index contributed by atoms with van der Waals surface area (Å²) in [7, 11) is 2.17. The van der Waals surface area contributed by atoms with Gasteiger partial charge in [-0.05, 0) is 42.8 Å². The highest BCUT2D eigenvalue weighted by Crippen LogP contribution is 2.11. The quantitative estimate of drug-likeness (QED) is 0.735. The Bertz CT molecular complexity index is 277. The maximum atomic E-state index is 4.41. The van der Waals surface area contributed by atoms with Gasteiger partial charge in [-0.1, -0.05) is 13.3 Å². The van der Waals surface area contributed by atoms with Crippen molar-refractivity contribution in [3.05, 3.63) is 30.1 Å². The van der Waals surface area contributed by atoms with Crippen LogP contribution in [0.5, 0.6) is 0 Å². The Labute approximate surface area is 104 Å². The lowest BCUT2D eigenvalue weighted by molar-refractivity contribution is 0.273. The molecule has 16 heavy (non-hydrogen) atoms. The molecule has 0 aliphatic rings. The lowest BCUT2D eigenvalue weighted by Gasteiger charge is -2.22. The van der Waals surface area contributed by atoms with Gasteiger partial charge in [0.25, 0.3) is 0 Å². The van der Waals surface area contributed by atoms with Crippen LogP contribution >= 0.6 is 12.6 Å². The summed E-state index contributed by atoms with van der Waals surface area (Å²) in [6.07, 6.45) is 6.22. The van der Waals surface area contributed by atoms with Crippen LogP contribution in [0.2, 0.25) is 0 Å². The van der Waals surface area contributed by atoms with E-state index in [-0.39, 0.29) is 0 Å². The van der Waals surface area contributed by atoms with Crippen LogP contribution < -0.4 is 0 Å². The molecule has 0 N–H and O–H groups in total. The van der Waals surface area contributed by atoms with Crippen LogP contribution in [0.15, 0.2) is 24.5 Å². The Hall–Kier alpha value is -0.540. The zero-order chi connectivity index (χ0) is 11.8. The molecule has 0 aromatic carbocycles. The molecule has 0 aliphatic carbocycles. The predicted molar refractivity (Wildman–Crippen MR) is 72.8 cm³/mol. The van der Waals surface area contributed by atoms with Gasteiger partial charge >= 0.3 is 0 Å². The SMILES string of the molecule is CCCC(CS)CN(C)Cc1ccncc1. The second-order valence-corrected chi connectivity index (χ2v) is 4.75. The highest BCUT2D eigenvalue weighted by atomic mass is 32.1. The summed E-state index contributed by atoms with van der Waals surface area (Å²) in [5, 5.41) is 0. The normalized spacial score (nSPS) is 13.0. The molecule has 0 fully saturated rings. The molecule has 1 rings (SSSR count). The van der Waals surface area contributed by atoms with Crippen molar-refractivity contribution in [2.24, 2.45) is 5.92 Å². The molecule has 0 aliphatic heterocycles. The summed E-state index contributed by atoms with van der Waals surface area (Å²) in [5.74, 6) is 1.69. The first-order valence-electron chi connectivity index (χ1n) is 5.94. The van der Waals surface area contributed by atoms with Gasteiger partial charge < -0.3 is 4.90 Å². The molecule has 0 radical (unpaired) electrons. The van der Waals surface area contributed by atoms with E-state index in [2.05, 4.69) is 48.6 Å². The van der Waals surface area contributed by atoms with E-state index in [0.29, 0.717) is 5.92 Å². The fourth-order valence-electron chi connectivity index (χ4n) is 1.95. The number of nitrogens with zero attached hydrogens (tertiary/aromatic N) is 2. The van der Waals surface area contributed by atoms with E-state index >= 15 is 0 Å². The molecular weight excluding hydrogens is 216 g/mol. The van der Waals surface area contributed by atoms with E-state index in [1.165, 1.54) is 18.4 Å². The molecular formula is C13H22N2S. The van der Waals surface area contributed by atoms with Crippen molar-refractivity contribution in [2.45, 2.75) is 26.3 Å². The summed E-state index contributed by atoms with van der Waals surface area (Å²) in [5.41, 5.74) is 1.33. The predicted octanol–water partition coefficient (Wildman–Crippen LogP) is 2.86. The third-order valence-electron chi connectivity index (χ3n) is 2.73. The second kappa shape index (κ2) is 7.69. The number of hydrogen-bond donors (Lipinski definition) is 1. The van der Waals surface area contributed by atoms with Gasteiger partial charge in [-0.2, -0.15) is 12.6 Å². The van der Waals surface area contributed by atoms with Gasteiger partial charge in [-0.3, -0.25) is 4.98 Å². The first-order chi connectivity index (χ1) is 7.76. The number of hydrogen-bond acceptors (Lipinski definition) is 3. The molecule has 0 saturated heterocycles. The van der Waals surface area contributed by atoms with Crippen LogP contribution in [-0.2, 0) is 6.54 Å². The number of rotatable bonds is 7. The van der Waals surface area contributed by atoms with Gasteiger partial charge in [0.1, 0.15) is 0 Å². The summed E-state index contributed by atoms with van der Waals surface area (Å²) >= 11 is 4.41. The summed E-state index contributed by atoms with van der Waals surface area (Å²) in [4.78, 5) is 6.40. The zero-order valence-electron chi connectivity index (χ0n) is 10.3. The van der Waals surface area contributed by atoms with Gasteiger partial charge in [-0.15, -0.1) is 0 Å². The highest BCUT2D eigenvalue weighted by molar-refractivity contribution is 7.80. The smallest absolute Gasteiger partial charge is 0.0271 e. The van der Waals surface area contributed by atoms with Gasteiger partial charge in [0.05, 0.1) is 0 Å². The molecule has 1 atom stereocenters. The van der Waals surface area contributed by atoms with Crippen molar-refractivity contribution >= 4 is 12.6 Å². The molecule has 1 unspecified atom stereocenters. The number of pyridine rings is 1. The second-order valence-electron chi connectivity index (χ2n) is 4.39. The van der Waals surface area contributed by atoms with E-state index in [1.54, 1.807) is 0 Å². The summed E-state index contributed by atoms with van der Waals surface area (Å²) < 4.78 is 0. The van der Waals surface area contributed by atoms with Gasteiger partial charge in [0.15, 0.2) is 0 Å². The lowest BCUT2D eigenvalue weighted by Crippen LogP contribution is -2.26. The van der Waals surface area contributed by atoms with E-state index in [9.17, 15) is 0 Å². The lowest BCUT2D eigenvalue weighted by atomic mass is 10.1. The van der Waals surface area contributed by atoms with E-state index in [1.807, 2.05) is 12.4 Å². The topological polar surface area (TPSA) is 16.1 Å². The largest absolute Gasteiger partial charge is 0.302 e. The van der Waals surface area contributed by atoms with Crippen molar-refractivity contribution in [2.75, 3.05) is 19.3 Å². The molecule has 2 nitrogen and oxygen atoms in total. The average Bonchev–Trinajstić information content (AvgIpc) is 2.29. The van der Waals surface area contributed by atoms with Crippen molar-refractivity contribution in [1.82, 2.24) is 9.88 Å². The molecule has 90 valence electrons. The Balaban J connectivity index is 2.37. The third kappa shape index (κ3) is 4.99. The average molecular weight is 238 g/mol. The first kappa shape index (κ1) is 13.5. The van der Waals surface area contributed by atoms with Crippen molar-refractivity contribution < 1.29 is 0 Å². The molecule has 3 heteroatoms. The van der Waals surface area contributed by atoms with Gasteiger partial charge in [0, 0.05) is 25.5 Å². The Kier molecular flexibility index (Phi) is 6.50. The molecule has 1 aromatic heterocycles. The monoisotopic (exact) mass is 238 g/mol. The van der Waals surface area contributed by atoms with E-state index in [4.69, 9.17) is 0 Å². The summed E-state index contributed by atoms with van der Waals surface area (Å²) in [6, 6.07) is 4.15. The zero-order valence-corrected chi connectivity index (χ0v) is 11.2. The Morgan fingerprint density at radius 2 is 2.06 bits per heavy atom. The Morgan fingerprint density at radius 1 is 1.38 bits per heavy atom. The van der Waals surface area contributed by atoms with Crippen LogP contribution in [0.3, 0.4) is 0 Å². The number of aromatic nitrogens is 1. The van der Waals surface area contributed by atoms with Gasteiger partial charge in [-0.25, -0.2) is 0 Å². The van der Waals surface area contributed by atoms with Crippen LogP contribution in [0.1, 0.15) is 25.3 Å². The molecule has 0 saturated carbocycles. The van der Waals surface area contributed by atoms with E-state index in [0.717, 1.165) is 18.8 Å². The molecule has 1 aromatic rings. The summed E-state index contributed by atoms with van der Waals surface area (Å²) in [6.45, 7) is 4.36. The minimum Gasteiger partial charge on any atom is -0.302 e. The minimum atomic E-state index is 0.708. The van der Waals surface area contributed by atoms with Crippen molar-refractivity contribution in [1.29, 1.82) is 0 Å². The minimum absolute atomic E-state index is 0.708. The fourth-order valence-corrected chi connectivity index (χ4v) is 2.25. The molecule has 1 heterocycles. The van der Waals surface area contributed by atoms with E-state index < -0.39 is 0 Å². The van der Waals surface area contributed by atoms with Gasteiger partial charge in [0.2, 0.25) is 0 Å². The van der Waals surface area contributed by atoms with Crippen LogP contribution in [-0.4, -0.2) is 29.2 Å². The van der Waals surface area contributed by atoms with Crippen LogP contribution in [0, 0.1) is 5.92 Å².